The van der Waals surface area contributed by atoms with E-state index in [2.05, 4.69) is 45.5 Å². The molecule has 5 aliphatic rings. The van der Waals surface area contributed by atoms with E-state index in [1.807, 2.05) is 6.92 Å². The van der Waals surface area contributed by atoms with Crippen molar-refractivity contribution in [2.24, 2.45) is 0 Å². The fourth-order valence-electron chi connectivity index (χ4n) is 4.93. The molecule has 4 atom stereocenters. The van der Waals surface area contributed by atoms with Crippen LogP contribution in [0.25, 0.3) is 0 Å². The Balaban J connectivity index is 0.000000228. The van der Waals surface area contributed by atoms with Crippen LogP contribution in [0.3, 0.4) is 0 Å². The van der Waals surface area contributed by atoms with Crippen LogP contribution >= 0.6 is 33.8 Å². The Hall–Kier alpha value is -0.160. The van der Waals surface area contributed by atoms with E-state index in [0.29, 0.717) is 32.8 Å². The lowest BCUT2D eigenvalue weighted by Gasteiger charge is -2.28. The van der Waals surface area contributed by atoms with Crippen molar-refractivity contribution in [1.82, 2.24) is 0 Å². The largest absolute Gasteiger partial charge is 0.756 e. The molecule has 12 nitrogen and oxygen atoms in total. The smallest absolute Gasteiger partial charge is 0.475 e. The van der Waals surface area contributed by atoms with Crippen LogP contribution in [0.2, 0.25) is 0 Å². The zero-order chi connectivity index (χ0) is 34.3. The standard InChI is InChI=1S/C11H21O4P.C10H17O4P.C8H14O.C2H4ClO3P/c1-2-10-14-16(12,13)15-11-8-6-4-3-5-7-9-11;11-15(12-8-9-13-15)14-10-6-4-2-1-3-5-7-10;9-8-6-4-2-1-3-5-7-8;3-7(4)5-1-2-6-7/h3-4,11H,2,5-10H2,1H3,(H,12,13);1-2,10H,3-9H2;1-2,8-9H,3-7H2;1-2H2/p-1/b4-3-;2*2-1-;. The van der Waals surface area contributed by atoms with Crippen LogP contribution in [-0.2, 0) is 45.4 Å². The summed E-state index contributed by atoms with van der Waals surface area (Å²) >= 11 is 5.08. The molecule has 0 amide bonds. The molecular weight excluding hydrogens is 693 g/mol. The Bertz CT molecular complexity index is 1050. The lowest BCUT2D eigenvalue weighted by atomic mass is 10.0. The summed E-state index contributed by atoms with van der Waals surface area (Å²) in [6.07, 6.45) is 28.0. The molecule has 16 heteroatoms. The number of halogens is 1. The predicted molar refractivity (Wildman–Crippen MR) is 181 cm³/mol. The van der Waals surface area contributed by atoms with E-state index < -0.39 is 22.6 Å². The highest BCUT2D eigenvalue weighted by Crippen LogP contribution is 2.56. The van der Waals surface area contributed by atoms with Gasteiger partial charge in [0.2, 0.25) is 0 Å². The minimum absolute atomic E-state index is 0.0129. The van der Waals surface area contributed by atoms with E-state index in [9.17, 15) is 23.7 Å². The lowest BCUT2D eigenvalue weighted by Crippen LogP contribution is -2.18. The second-order valence-electron chi connectivity index (χ2n) is 11.5. The summed E-state index contributed by atoms with van der Waals surface area (Å²) in [6.45, 7) is 0.446. The number of phosphoric acid groups is 2. The van der Waals surface area contributed by atoms with Gasteiger partial charge in [-0.15, -0.1) is 0 Å². The van der Waals surface area contributed by atoms with Gasteiger partial charge < -0.3 is 19.0 Å². The summed E-state index contributed by atoms with van der Waals surface area (Å²) < 4.78 is 67.7. The summed E-state index contributed by atoms with van der Waals surface area (Å²) in [5.41, 5.74) is 0. The molecule has 0 spiro atoms. The monoisotopic (exact) mass is 747 g/mol. The fourth-order valence-corrected chi connectivity index (χ4v) is 8.41. The maximum absolute atomic E-state index is 11.8. The van der Waals surface area contributed by atoms with Crippen LogP contribution in [0.5, 0.6) is 0 Å². The average molecular weight is 748 g/mol. The first kappa shape index (κ1) is 43.0. The third-order valence-electron chi connectivity index (χ3n) is 7.35. The van der Waals surface area contributed by atoms with Crippen molar-refractivity contribution in [3.63, 3.8) is 0 Å². The molecule has 0 bridgehead atoms. The average Bonchev–Trinajstić information content (AvgIpc) is 3.60. The number of rotatable bonds is 7. The van der Waals surface area contributed by atoms with E-state index in [1.54, 1.807) is 0 Å². The third-order valence-corrected chi connectivity index (χ3v) is 11.5. The molecular formula is C31H55ClO12P3-. The molecule has 1 N–H and O–H groups in total. The van der Waals surface area contributed by atoms with Gasteiger partial charge in [0.25, 0.3) is 7.82 Å². The molecule has 0 aromatic heterocycles. The Morgan fingerprint density at radius 3 is 1.74 bits per heavy atom. The molecule has 5 rings (SSSR count). The van der Waals surface area contributed by atoms with Gasteiger partial charge in [0.05, 0.1) is 51.3 Å². The van der Waals surface area contributed by atoms with Gasteiger partial charge in [-0.3, -0.25) is 27.2 Å². The van der Waals surface area contributed by atoms with Crippen molar-refractivity contribution in [3.8, 4) is 0 Å². The Morgan fingerprint density at radius 2 is 1.21 bits per heavy atom. The first-order valence-corrected chi connectivity index (χ1v) is 22.3. The van der Waals surface area contributed by atoms with Crippen LogP contribution in [0, 0.1) is 0 Å². The van der Waals surface area contributed by atoms with Crippen molar-refractivity contribution in [2.45, 2.75) is 128 Å². The van der Waals surface area contributed by atoms with Crippen molar-refractivity contribution < 1.29 is 55.4 Å². The first-order chi connectivity index (χ1) is 22.5. The van der Waals surface area contributed by atoms with Crippen molar-refractivity contribution in [3.05, 3.63) is 36.5 Å². The highest BCUT2D eigenvalue weighted by molar-refractivity contribution is 7.81. The molecule has 0 radical (unpaired) electrons. The molecule has 274 valence electrons. The Kier molecular flexibility index (Phi) is 22.8. The maximum atomic E-state index is 11.8. The molecule has 4 unspecified atom stereocenters. The van der Waals surface area contributed by atoms with Crippen molar-refractivity contribution in [1.29, 1.82) is 0 Å². The minimum Gasteiger partial charge on any atom is -0.756 e. The second kappa shape index (κ2) is 24.9. The Labute approximate surface area is 286 Å². The minimum atomic E-state index is -4.09. The van der Waals surface area contributed by atoms with Crippen LogP contribution < -0.4 is 4.89 Å². The van der Waals surface area contributed by atoms with Gasteiger partial charge >= 0.3 is 14.8 Å². The number of aliphatic hydroxyl groups excluding tert-OH is 1. The highest BCUT2D eigenvalue weighted by atomic mass is 35.7. The topological polar surface area (TPSA) is 159 Å². The number of allylic oxidation sites excluding steroid dienone is 6. The number of phosphoric ester groups is 2. The number of aliphatic hydroxyl groups is 1. The molecule has 0 aromatic carbocycles. The fraction of sp³-hybridized carbons (Fsp3) is 0.806. The summed E-state index contributed by atoms with van der Waals surface area (Å²) in [5, 5.41) is 9.18. The third kappa shape index (κ3) is 22.3. The lowest BCUT2D eigenvalue weighted by molar-refractivity contribution is -0.230. The SMILES string of the molecule is CCCOP(=O)([O-])OC1CC/C=C\CCC1.O=P1(Cl)OCCO1.O=P1(OC2CC/C=C\CCC2)OCCO1.OC1CC/C=C\CCC1. The van der Waals surface area contributed by atoms with Gasteiger partial charge in [-0.2, -0.15) is 0 Å². The van der Waals surface area contributed by atoms with Gasteiger partial charge in [0.1, 0.15) is 0 Å². The number of hydrogen-bond acceptors (Lipinski definition) is 12. The van der Waals surface area contributed by atoms with Crippen molar-refractivity contribution in [2.75, 3.05) is 33.0 Å². The van der Waals surface area contributed by atoms with Gasteiger partial charge in [0.15, 0.2) is 0 Å². The number of hydrogen-bond donors (Lipinski definition) is 1. The summed E-state index contributed by atoms with van der Waals surface area (Å²) in [6, 6.07) is 0. The zero-order valence-corrected chi connectivity index (χ0v) is 31.1. The molecule has 0 aromatic rings. The summed E-state index contributed by atoms with van der Waals surface area (Å²) in [5.74, 6) is 0. The summed E-state index contributed by atoms with van der Waals surface area (Å²) in [4.78, 5) is 11.4. The summed E-state index contributed by atoms with van der Waals surface area (Å²) in [7, 11) is -7.28. The second-order valence-corrected chi connectivity index (χ2v) is 17.1. The molecule has 2 saturated heterocycles. The van der Waals surface area contributed by atoms with E-state index in [-0.39, 0.29) is 24.9 Å². The maximum Gasteiger partial charge on any atom is 0.475 e. The van der Waals surface area contributed by atoms with E-state index in [1.165, 1.54) is 0 Å². The molecule has 3 aliphatic carbocycles. The normalized spacial score (nSPS) is 30.5. The van der Waals surface area contributed by atoms with Crippen LogP contribution in [0.4, 0.5) is 0 Å². The van der Waals surface area contributed by atoms with Gasteiger partial charge in [0, 0.05) is 11.2 Å². The first-order valence-electron chi connectivity index (χ1n) is 17.0. The van der Waals surface area contributed by atoms with Gasteiger partial charge in [-0.05, 0) is 103 Å². The zero-order valence-electron chi connectivity index (χ0n) is 27.7. The van der Waals surface area contributed by atoms with Gasteiger partial charge in [-0.25, -0.2) is 9.13 Å². The van der Waals surface area contributed by atoms with E-state index in [0.717, 1.165) is 96.3 Å². The van der Waals surface area contributed by atoms with Crippen molar-refractivity contribution >= 4 is 33.8 Å². The van der Waals surface area contributed by atoms with Crippen LogP contribution in [0.1, 0.15) is 110 Å². The highest BCUT2D eigenvalue weighted by Gasteiger charge is 2.34. The van der Waals surface area contributed by atoms with Gasteiger partial charge in [-0.1, -0.05) is 43.4 Å². The van der Waals surface area contributed by atoms with E-state index >= 15 is 0 Å². The molecule has 0 saturated carbocycles. The molecule has 2 aliphatic heterocycles. The van der Waals surface area contributed by atoms with E-state index in [4.69, 9.17) is 33.9 Å². The molecule has 2 heterocycles. The quantitative estimate of drug-likeness (QED) is 0.195. The van der Waals surface area contributed by atoms with Crippen LogP contribution in [-0.4, -0.2) is 56.5 Å². The molecule has 47 heavy (non-hydrogen) atoms. The predicted octanol–water partition coefficient (Wildman–Crippen LogP) is 9.08. The Morgan fingerprint density at radius 1 is 0.745 bits per heavy atom. The molecule has 2 fully saturated rings. The van der Waals surface area contributed by atoms with Crippen LogP contribution in [0.15, 0.2) is 36.5 Å².